The molecule has 1 aliphatic heterocycles. The number of hydrogen-bond donors (Lipinski definition) is 1. The second-order valence-corrected chi connectivity index (χ2v) is 8.88. The van der Waals surface area contributed by atoms with Crippen LogP contribution in [-0.2, 0) is 6.54 Å². The second-order valence-electron chi connectivity index (χ2n) is 5.73. The van der Waals surface area contributed by atoms with Crippen LogP contribution in [0.25, 0.3) is 5.57 Å². The third-order valence-corrected chi connectivity index (χ3v) is 6.98. The fraction of sp³-hybridized carbons (Fsp3) is 0.333. The molecule has 2 aromatic heterocycles. The molecule has 0 aromatic carbocycles. The number of anilines is 1. The quantitative estimate of drug-likeness (QED) is 0.739. The molecule has 0 atom stereocenters. The fourth-order valence-corrected chi connectivity index (χ4v) is 5.44. The van der Waals surface area contributed by atoms with Crippen molar-refractivity contribution in [1.82, 2.24) is 14.8 Å². The predicted octanol–water partition coefficient (Wildman–Crippen LogP) is 2.44. The van der Waals surface area contributed by atoms with Crippen LogP contribution in [0.1, 0.15) is 34.8 Å². The van der Waals surface area contributed by atoms with Crippen LogP contribution >= 0.6 is 11.3 Å². The van der Waals surface area contributed by atoms with Crippen molar-refractivity contribution >= 4 is 56.1 Å². The first-order valence-corrected chi connectivity index (χ1v) is 11.4. The molecule has 4 rings (SSSR count). The van der Waals surface area contributed by atoms with E-state index in [1.165, 1.54) is 30.6 Å². The number of allylic oxidation sites excluding steroid dienone is 1. The number of carbonyl (C=O) groups is 1. The van der Waals surface area contributed by atoms with Crippen molar-refractivity contribution in [1.29, 1.82) is 0 Å². The van der Waals surface area contributed by atoms with Crippen molar-refractivity contribution in [2.24, 2.45) is 9.13 Å². The topological polar surface area (TPSA) is 72.2 Å². The molecule has 1 aliphatic carbocycles. The SMILES string of the molecule is O=C(Nc1cnn(CC2CCC2)c1)c1csc(C2=[CH][Sn][N]=C2)n1. The summed E-state index contributed by atoms with van der Waals surface area (Å²) in [4.78, 5) is 16.7. The summed E-state index contributed by atoms with van der Waals surface area (Å²) in [5.41, 5.74) is 2.23. The number of rotatable bonds is 5. The Morgan fingerprint density at radius 3 is 3.13 bits per heavy atom. The van der Waals surface area contributed by atoms with Gasteiger partial charge in [0.05, 0.1) is 0 Å². The van der Waals surface area contributed by atoms with Crippen molar-refractivity contribution in [2.45, 2.75) is 25.8 Å². The van der Waals surface area contributed by atoms with Crippen LogP contribution in [0, 0.1) is 5.92 Å². The number of aromatic nitrogens is 3. The van der Waals surface area contributed by atoms with Crippen molar-refractivity contribution < 1.29 is 4.79 Å². The third kappa shape index (κ3) is 3.40. The van der Waals surface area contributed by atoms with Gasteiger partial charge in [0, 0.05) is 0 Å². The first-order valence-electron chi connectivity index (χ1n) is 7.56. The van der Waals surface area contributed by atoms with Crippen molar-refractivity contribution in [2.75, 3.05) is 5.32 Å². The summed E-state index contributed by atoms with van der Waals surface area (Å²) in [5, 5.41) is 9.85. The van der Waals surface area contributed by atoms with Crippen molar-refractivity contribution in [3.05, 3.63) is 32.6 Å². The minimum absolute atomic E-state index is 0.189. The summed E-state index contributed by atoms with van der Waals surface area (Å²) in [5.74, 6) is 0.552. The van der Waals surface area contributed by atoms with E-state index in [9.17, 15) is 4.79 Å². The van der Waals surface area contributed by atoms with Crippen LogP contribution in [0.3, 0.4) is 0 Å². The Morgan fingerprint density at radius 1 is 1.48 bits per heavy atom. The van der Waals surface area contributed by atoms with E-state index in [-0.39, 0.29) is 5.91 Å². The molecule has 0 spiro atoms. The van der Waals surface area contributed by atoms with E-state index < -0.39 is 21.4 Å². The molecule has 3 heterocycles. The van der Waals surface area contributed by atoms with Gasteiger partial charge >= 0.3 is 129 Å². The molecule has 116 valence electrons. The van der Waals surface area contributed by atoms with Crippen molar-refractivity contribution in [3.8, 4) is 0 Å². The number of thiazole rings is 1. The Hall–Kier alpha value is -1.48. The van der Waals surface area contributed by atoms with Gasteiger partial charge in [-0.1, -0.05) is 6.42 Å². The molecule has 23 heavy (non-hydrogen) atoms. The van der Waals surface area contributed by atoms with E-state index in [2.05, 4.69) is 22.7 Å². The normalized spacial score (nSPS) is 17.1. The van der Waals surface area contributed by atoms with Gasteiger partial charge in [-0.3, -0.25) is 0 Å². The van der Waals surface area contributed by atoms with E-state index in [1.807, 2.05) is 17.1 Å². The summed E-state index contributed by atoms with van der Waals surface area (Å²) in [6.07, 6.45) is 9.35. The van der Waals surface area contributed by atoms with Gasteiger partial charge in [0.1, 0.15) is 0 Å². The number of nitrogens with one attached hydrogen (secondary N) is 1. The number of nitrogens with zero attached hydrogens (tertiary/aromatic N) is 4. The molecule has 0 unspecified atom stereocenters. The average Bonchev–Trinajstić information content (AvgIpc) is 3.23. The molecular weight excluding hydrogens is 417 g/mol. The Labute approximate surface area is 148 Å². The molecule has 1 N–H and O–H groups in total. The second kappa shape index (κ2) is 6.56. The number of hydrogen-bond acceptors (Lipinski definition) is 5. The van der Waals surface area contributed by atoms with E-state index >= 15 is 0 Å². The molecule has 1 amide bonds. The van der Waals surface area contributed by atoms with Crippen LogP contribution in [0.15, 0.2) is 25.1 Å². The fourth-order valence-electron chi connectivity index (χ4n) is 2.54. The van der Waals surface area contributed by atoms with Gasteiger partial charge in [0.15, 0.2) is 0 Å². The summed E-state index contributed by atoms with van der Waals surface area (Å²) in [6, 6.07) is 0. The Kier molecular flexibility index (Phi) is 4.30. The zero-order valence-electron chi connectivity index (χ0n) is 12.4. The van der Waals surface area contributed by atoms with Crippen LogP contribution in [-0.4, -0.2) is 48.3 Å². The maximum atomic E-state index is 12.3. The summed E-state index contributed by atoms with van der Waals surface area (Å²) in [7, 11) is 0. The summed E-state index contributed by atoms with van der Waals surface area (Å²) in [6.45, 7) is 0.939. The first kappa shape index (κ1) is 15.1. The maximum absolute atomic E-state index is 12.3. The van der Waals surface area contributed by atoms with Crippen LogP contribution < -0.4 is 5.32 Å². The molecule has 2 aliphatic rings. The Balaban J connectivity index is 1.40. The van der Waals surface area contributed by atoms with Gasteiger partial charge in [-0.15, -0.1) is 0 Å². The van der Waals surface area contributed by atoms with E-state index in [0.29, 0.717) is 5.69 Å². The van der Waals surface area contributed by atoms with Gasteiger partial charge in [0.25, 0.3) is 0 Å². The Morgan fingerprint density at radius 2 is 2.39 bits per heavy atom. The molecule has 6 nitrogen and oxygen atoms in total. The molecule has 2 aromatic rings. The first-order chi connectivity index (χ1) is 11.3. The predicted molar refractivity (Wildman–Crippen MR) is 91.9 cm³/mol. The summed E-state index contributed by atoms with van der Waals surface area (Å²) < 4.78 is 8.40. The molecular formula is C15H15N5OSSn. The molecule has 0 bridgehead atoms. The van der Waals surface area contributed by atoms with Gasteiger partial charge in [-0.05, 0) is 12.8 Å². The number of carbonyl (C=O) groups excluding carboxylic acids is 1. The minimum atomic E-state index is -0.702. The van der Waals surface area contributed by atoms with Gasteiger partial charge < -0.3 is 0 Å². The van der Waals surface area contributed by atoms with Crippen LogP contribution in [0.4, 0.5) is 5.69 Å². The zero-order valence-corrected chi connectivity index (χ0v) is 16.1. The standard InChI is InChI=1S/C15H15N5OS.Sn/c1-10(5-16)15-19-13(9-22-15)14(21)18-12-6-17-20(8-12)7-11-3-2-4-11;/h1,5-6,8-9,11H,2-4,7H2,(H,18,21);/q-1;+1. The third-order valence-electron chi connectivity index (χ3n) is 4.04. The van der Waals surface area contributed by atoms with E-state index in [1.54, 1.807) is 11.6 Å². The summed E-state index contributed by atoms with van der Waals surface area (Å²) >= 11 is 0.783. The van der Waals surface area contributed by atoms with Gasteiger partial charge in [-0.25, -0.2) is 0 Å². The molecule has 8 heteroatoms. The Bertz CT molecular complexity index is 789. The van der Waals surface area contributed by atoms with E-state index in [0.717, 1.165) is 28.7 Å². The number of amides is 1. The molecule has 1 saturated carbocycles. The van der Waals surface area contributed by atoms with Gasteiger partial charge in [0.2, 0.25) is 0 Å². The monoisotopic (exact) mass is 433 g/mol. The van der Waals surface area contributed by atoms with Crippen molar-refractivity contribution in [3.63, 3.8) is 0 Å². The van der Waals surface area contributed by atoms with Gasteiger partial charge in [-0.2, -0.15) is 0 Å². The van der Waals surface area contributed by atoms with E-state index in [4.69, 9.17) is 0 Å². The zero-order chi connectivity index (χ0) is 15.6. The average molecular weight is 432 g/mol. The van der Waals surface area contributed by atoms with Crippen LogP contribution in [0.2, 0.25) is 0 Å². The van der Waals surface area contributed by atoms with Crippen LogP contribution in [0.5, 0.6) is 0 Å². The molecule has 1 fully saturated rings. The molecule has 2 radical (unpaired) electrons. The molecule has 0 saturated heterocycles.